The number of hydrogen-bond donors (Lipinski definition) is 2. The van der Waals surface area contributed by atoms with Crippen LogP contribution in [0.25, 0.3) is 0 Å². The van der Waals surface area contributed by atoms with Crippen LogP contribution in [0.15, 0.2) is 18.5 Å². The van der Waals surface area contributed by atoms with Gasteiger partial charge in [0.2, 0.25) is 5.91 Å². The van der Waals surface area contributed by atoms with Crippen LogP contribution < -0.4 is 5.32 Å². The maximum Gasteiger partial charge on any atom is 0.239 e. The molecular formula is C12H18N2O2. The lowest BCUT2D eigenvalue weighted by molar-refractivity contribution is -0.121. The molecule has 1 fully saturated rings. The molecule has 0 aromatic carbocycles. The number of amides is 1. The van der Waals surface area contributed by atoms with Gasteiger partial charge in [-0.1, -0.05) is 0 Å². The third kappa shape index (κ3) is 3.10. The highest BCUT2D eigenvalue weighted by atomic mass is 16.3. The van der Waals surface area contributed by atoms with E-state index in [9.17, 15) is 9.90 Å². The first kappa shape index (κ1) is 11.2. The van der Waals surface area contributed by atoms with Crippen LogP contribution in [-0.2, 0) is 11.3 Å². The molecule has 2 N–H and O–H groups in total. The molecule has 0 bridgehead atoms. The van der Waals surface area contributed by atoms with E-state index >= 15 is 0 Å². The molecule has 1 saturated carbocycles. The number of hydrogen-bond acceptors (Lipinski definition) is 2. The van der Waals surface area contributed by atoms with Crippen molar-refractivity contribution in [2.75, 3.05) is 6.54 Å². The Balaban J connectivity index is 1.79. The molecule has 0 aliphatic heterocycles. The second-order valence-corrected chi connectivity index (χ2v) is 4.54. The van der Waals surface area contributed by atoms with Crippen molar-refractivity contribution in [3.05, 3.63) is 24.0 Å². The van der Waals surface area contributed by atoms with E-state index in [4.69, 9.17) is 0 Å². The fourth-order valence-electron chi connectivity index (χ4n) is 1.61. The predicted molar refractivity (Wildman–Crippen MR) is 60.8 cm³/mol. The largest absolute Gasteiger partial charge is 0.389 e. The summed E-state index contributed by atoms with van der Waals surface area (Å²) < 4.78 is 1.80. The molecule has 16 heavy (non-hydrogen) atoms. The third-order valence-corrected chi connectivity index (χ3v) is 2.87. The van der Waals surface area contributed by atoms with Gasteiger partial charge in [-0.2, -0.15) is 0 Å². The van der Waals surface area contributed by atoms with E-state index in [1.807, 2.05) is 12.3 Å². The lowest BCUT2D eigenvalue weighted by Gasteiger charge is -2.05. The van der Waals surface area contributed by atoms with Crippen LogP contribution in [-0.4, -0.2) is 22.1 Å². The molecule has 1 heterocycles. The summed E-state index contributed by atoms with van der Waals surface area (Å²) in [6.07, 6.45) is 5.64. The average Bonchev–Trinajstić information content (AvgIpc) is 2.95. The van der Waals surface area contributed by atoms with E-state index in [0.29, 0.717) is 12.5 Å². The topological polar surface area (TPSA) is 54.3 Å². The molecule has 1 aliphatic rings. The molecule has 1 aromatic rings. The maximum absolute atomic E-state index is 11.5. The number of aliphatic hydroxyl groups is 1. The highest BCUT2D eigenvalue weighted by Gasteiger charge is 2.21. The Morgan fingerprint density at radius 2 is 2.44 bits per heavy atom. The Kier molecular flexibility index (Phi) is 3.29. The van der Waals surface area contributed by atoms with E-state index < -0.39 is 6.10 Å². The minimum Gasteiger partial charge on any atom is -0.389 e. The summed E-state index contributed by atoms with van der Waals surface area (Å²) in [6.45, 7) is 2.86. The van der Waals surface area contributed by atoms with E-state index in [1.54, 1.807) is 17.7 Å². The molecule has 4 nitrogen and oxygen atoms in total. The van der Waals surface area contributed by atoms with Crippen molar-refractivity contribution in [2.45, 2.75) is 32.4 Å². The molecule has 0 radical (unpaired) electrons. The Labute approximate surface area is 95.3 Å². The molecule has 4 heteroatoms. The van der Waals surface area contributed by atoms with E-state index in [1.165, 1.54) is 12.8 Å². The van der Waals surface area contributed by atoms with Crippen LogP contribution in [0.2, 0.25) is 0 Å². The third-order valence-electron chi connectivity index (χ3n) is 2.87. The zero-order valence-electron chi connectivity index (χ0n) is 9.52. The van der Waals surface area contributed by atoms with E-state index in [-0.39, 0.29) is 5.91 Å². The monoisotopic (exact) mass is 222 g/mol. The molecule has 0 spiro atoms. The van der Waals surface area contributed by atoms with Crippen LogP contribution in [0.3, 0.4) is 0 Å². The van der Waals surface area contributed by atoms with Gasteiger partial charge in [-0.3, -0.25) is 4.79 Å². The van der Waals surface area contributed by atoms with Gasteiger partial charge in [-0.05, 0) is 37.3 Å². The lowest BCUT2D eigenvalue weighted by Crippen LogP contribution is -2.28. The molecule has 1 aromatic heterocycles. The van der Waals surface area contributed by atoms with Gasteiger partial charge in [-0.15, -0.1) is 0 Å². The SMILES string of the molecule is CC(O)c1ccn(CC(=O)NCC2CC2)c1. The van der Waals surface area contributed by atoms with Crippen LogP contribution in [0.1, 0.15) is 31.4 Å². The zero-order valence-corrected chi connectivity index (χ0v) is 9.52. The first-order valence-corrected chi connectivity index (χ1v) is 5.75. The summed E-state index contributed by atoms with van der Waals surface area (Å²) in [5.41, 5.74) is 0.843. The van der Waals surface area contributed by atoms with Crippen molar-refractivity contribution >= 4 is 5.91 Å². The first-order chi connectivity index (χ1) is 7.65. The van der Waals surface area contributed by atoms with Crippen molar-refractivity contribution < 1.29 is 9.90 Å². The Hall–Kier alpha value is -1.29. The van der Waals surface area contributed by atoms with Crippen LogP contribution >= 0.6 is 0 Å². The fourth-order valence-corrected chi connectivity index (χ4v) is 1.61. The molecule has 1 atom stereocenters. The summed E-state index contributed by atoms with van der Waals surface area (Å²) in [4.78, 5) is 11.5. The van der Waals surface area contributed by atoms with Crippen LogP contribution in [0, 0.1) is 5.92 Å². The smallest absolute Gasteiger partial charge is 0.239 e. The second kappa shape index (κ2) is 4.70. The predicted octanol–water partition coefficient (Wildman–Crippen LogP) is 1.07. The molecule has 88 valence electrons. The number of carbonyl (C=O) groups is 1. The Bertz CT molecular complexity index is 367. The fraction of sp³-hybridized carbons (Fsp3) is 0.583. The standard InChI is InChI=1S/C12H18N2O2/c1-9(15)11-4-5-14(7-11)8-12(16)13-6-10-2-3-10/h4-5,7,9-10,15H,2-3,6,8H2,1H3,(H,13,16). The van der Waals surface area contributed by atoms with Gasteiger partial charge in [0.15, 0.2) is 0 Å². The Morgan fingerprint density at radius 3 is 3.00 bits per heavy atom. The minimum atomic E-state index is -0.476. The van der Waals surface area contributed by atoms with Crippen LogP contribution in [0.5, 0.6) is 0 Å². The van der Waals surface area contributed by atoms with Gasteiger partial charge < -0.3 is 15.0 Å². The maximum atomic E-state index is 11.5. The molecule has 1 aliphatic carbocycles. The van der Waals surface area contributed by atoms with Gasteiger partial charge in [0.1, 0.15) is 6.54 Å². The van der Waals surface area contributed by atoms with Gasteiger partial charge in [0.05, 0.1) is 6.10 Å². The average molecular weight is 222 g/mol. The van der Waals surface area contributed by atoms with Gasteiger partial charge in [0.25, 0.3) is 0 Å². The van der Waals surface area contributed by atoms with Gasteiger partial charge in [-0.25, -0.2) is 0 Å². The number of rotatable bonds is 5. The number of carbonyl (C=O) groups excluding carboxylic acids is 1. The number of aliphatic hydroxyl groups excluding tert-OH is 1. The van der Waals surface area contributed by atoms with Crippen molar-refractivity contribution in [2.24, 2.45) is 5.92 Å². The van der Waals surface area contributed by atoms with Crippen molar-refractivity contribution in [3.63, 3.8) is 0 Å². The quantitative estimate of drug-likeness (QED) is 0.783. The van der Waals surface area contributed by atoms with Crippen molar-refractivity contribution in [1.29, 1.82) is 0 Å². The van der Waals surface area contributed by atoms with Crippen molar-refractivity contribution in [3.8, 4) is 0 Å². The Morgan fingerprint density at radius 1 is 1.69 bits per heavy atom. The number of aromatic nitrogens is 1. The summed E-state index contributed by atoms with van der Waals surface area (Å²) in [7, 11) is 0. The zero-order chi connectivity index (χ0) is 11.5. The minimum absolute atomic E-state index is 0.0413. The number of nitrogens with one attached hydrogen (secondary N) is 1. The highest BCUT2D eigenvalue weighted by Crippen LogP contribution is 2.27. The molecular weight excluding hydrogens is 204 g/mol. The normalized spacial score (nSPS) is 17.1. The molecule has 1 amide bonds. The summed E-state index contributed by atoms with van der Waals surface area (Å²) in [6, 6.07) is 1.83. The first-order valence-electron chi connectivity index (χ1n) is 5.75. The molecule has 2 rings (SSSR count). The summed E-state index contributed by atoms with van der Waals surface area (Å²) in [5, 5.41) is 12.3. The van der Waals surface area contributed by atoms with E-state index in [0.717, 1.165) is 12.1 Å². The number of nitrogens with zero attached hydrogens (tertiary/aromatic N) is 1. The van der Waals surface area contributed by atoms with Gasteiger partial charge >= 0.3 is 0 Å². The highest BCUT2D eigenvalue weighted by molar-refractivity contribution is 5.75. The summed E-state index contributed by atoms with van der Waals surface area (Å²) >= 11 is 0. The van der Waals surface area contributed by atoms with Crippen molar-refractivity contribution in [1.82, 2.24) is 9.88 Å². The van der Waals surface area contributed by atoms with E-state index in [2.05, 4.69) is 5.32 Å². The van der Waals surface area contributed by atoms with Gasteiger partial charge in [0, 0.05) is 18.9 Å². The lowest BCUT2D eigenvalue weighted by atomic mass is 10.2. The van der Waals surface area contributed by atoms with Crippen LogP contribution in [0.4, 0.5) is 0 Å². The molecule has 0 saturated heterocycles. The molecule has 1 unspecified atom stereocenters. The summed E-state index contributed by atoms with van der Waals surface area (Å²) in [5.74, 6) is 0.751. The second-order valence-electron chi connectivity index (χ2n) is 4.54.